The topological polar surface area (TPSA) is 46.3 Å². The van der Waals surface area contributed by atoms with E-state index in [-0.39, 0.29) is 0 Å². The molecular weight excluding hydrogens is 176 g/mol. The molecule has 0 saturated carbocycles. The third kappa shape index (κ3) is 3.76. The van der Waals surface area contributed by atoms with E-state index in [1.807, 2.05) is 0 Å². The molecule has 3 heteroatoms. The summed E-state index contributed by atoms with van der Waals surface area (Å²) in [7, 11) is 0. The SMILES string of the molecule is CC(C)C(N)CCCN1CCC(=O)C1. The van der Waals surface area contributed by atoms with Crippen LogP contribution in [-0.4, -0.2) is 36.4 Å². The summed E-state index contributed by atoms with van der Waals surface area (Å²) < 4.78 is 0. The normalized spacial score (nSPS) is 20.7. The molecule has 0 radical (unpaired) electrons. The molecule has 1 heterocycles. The first-order chi connectivity index (χ1) is 6.59. The van der Waals surface area contributed by atoms with Gasteiger partial charge in [0.15, 0.2) is 0 Å². The summed E-state index contributed by atoms with van der Waals surface area (Å²) in [5, 5.41) is 0. The fourth-order valence-corrected chi connectivity index (χ4v) is 1.77. The van der Waals surface area contributed by atoms with Gasteiger partial charge in [-0.25, -0.2) is 0 Å². The molecule has 0 spiro atoms. The van der Waals surface area contributed by atoms with Crippen molar-refractivity contribution in [1.82, 2.24) is 4.90 Å². The van der Waals surface area contributed by atoms with Crippen molar-refractivity contribution in [2.75, 3.05) is 19.6 Å². The maximum Gasteiger partial charge on any atom is 0.148 e. The van der Waals surface area contributed by atoms with E-state index in [2.05, 4.69) is 18.7 Å². The number of carbonyl (C=O) groups excluding carboxylic acids is 1. The van der Waals surface area contributed by atoms with Crippen LogP contribution in [0.3, 0.4) is 0 Å². The smallest absolute Gasteiger partial charge is 0.148 e. The van der Waals surface area contributed by atoms with Gasteiger partial charge in [-0.2, -0.15) is 0 Å². The highest BCUT2D eigenvalue weighted by Gasteiger charge is 2.18. The van der Waals surface area contributed by atoms with Crippen molar-refractivity contribution in [2.45, 2.75) is 39.2 Å². The van der Waals surface area contributed by atoms with E-state index in [9.17, 15) is 4.79 Å². The molecular formula is C11H22N2O. The highest BCUT2D eigenvalue weighted by molar-refractivity contribution is 5.82. The van der Waals surface area contributed by atoms with Gasteiger partial charge in [-0.05, 0) is 25.3 Å². The maximum atomic E-state index is 11.0. The maximum absolute atomic E-state index is 11.0. The van der Waals surface area contributed by atoms with Crippen molar-refractivity contribution in [1.29, 1.82) is 0 Å². The minimum absolute atomic E-state index is 0.313. The summed E-state index contributed by atoms with van der Waals surface area (Å²) in [6, 6.07) is 0.313. The Hall–Kier alpha value is -0.410. The second kappa shape index (κ2) is 5.47. The van der Waals surface area contributed by atoms with Crippen LogP contribution in [0.15, 0.2) is 0 Å². The van der Waals surface area contributed by atoms with E-state index in [1.165, 1.54) is 0 Å². The molecule has 1 aliphatic rings. The average molecular weight is 198 g/mol. The number of likely N-dealkylation sites (tertiary alicyclic amines) is 1. The second-order valence-corrected chi connectivity index (χ2v) is 4.61. The number of nitrogens with two attached hydrogens (primary N) is 1. The summed E-state index contributed by atoms with van der Waals surface area (Å²) in [5.41, 5.74) is 5.94. The second-order valence-electron chi connectivity index (χ2n) is 4.61. The number of nitrogens with zero attached hydrogens (tertiary/aromatic N) is 1. The molecule has 1 rings (SSSR count). The lowest BCUT2D eigenvalue weighted by molar-refractivity contribution is -0.116. The number of hydrogen-bond acceptors (Lipinski definition) is 3. The molecule has 1 saturated heterocycles. The van der Waals surface area contributed by atoms with E-state index in [0.717, 1.165) is 32.4 Å². The van der Waals surface area contributed by atoms with Crippen LogP contribution >= 0.6 is 0 Å². The van der Waals surface area contributed by atoms with Crippen LogP contribution in [0, 0.1) is 5.92 Å². The predicted molar refractivity (Wildman–Crippen MR) is 58.1 cm³/mol. The molecule has 2 N–H and O–H groups in total. The van der Waals surface area contributed by atoms with Crippen LogP contribution in [-0.2, 0) is 4.79 Å². The van der Waals surface area contributed by atoms with Gasteiger partial charge in [-0.15, -0.1) is 0 Å². The van der Waals surface area contributed by atoms with Crippen LogP contribution in [0.25, 0.3) is 0 Å². The largest absolute Gasteiger partial charge is 0.327 e. The monoisotopic (exact) mass is 198 g/mol. The van der Waals surface area contributed by atoms with Crippen LogP contribution in [0.2, 0.25) is 0 Å². The lowest BCUT2D eigenvalue weighted by Gasteiger charge is -2.18. The Bertz CT molecular complexity index is 192. The summed E-state index contributed by atoms with van der Waals surface area (Å²) in [4.78, 5) is 13.2. The predicted octanol–water partition coefficient (Wildman–Crippen LogP) is 1.02. The lowest BCUT2D eigenvalue weighted by atomic mass is 10.0. The van der Waals surface area contributed by atoms with E-state index >= 15 is 0 Å². The fourth-order valence-electron chi connectivity index (χ4n) is 1.77. The molecule has 0 aliphatic carbocycles. The van der Waals surface area contributed by atoms with Gasteiger partial charge in [0.1, 0.15) is 5.78 Å². The highest BCUT2D eigenvalue weighted by Crippen LogP contribution is 2.09. The van der Waals surface area contributed by atoms with Crippen LogP contribution in [0.4, 0.5) is 0 Å². The Balaban J connectivity index is 2.07. The lowest BCUT2D eigenvalue weighted by Crippen LogP contribution is -2.29. The quantitative estimate of drug-likeness (QED) is 0.717. The third-order valence-electron chi connectivity index (χ3n) is 2.97. The van der Waals surface area contributed by atoms with Gasteiger partial charge in [0.2, 0.25) is 0 Å². The molecule has 14 heavy (non-hydrogen) atoms. The van der Waals surface area contributed by atoms with E-state index in [0.29, 0.717) is 24.3 Å². The first-order valence-corrected chi connectivity index (χ1v) is 5.59. The van der Waals surface area contributed by atoms with Gasteiger partial charge in [0.25, 0.3) is 0 Å². The molecule has 0 bridgehead atoms. The van der Waals surface area contributed by atoms with Crippen molar-refractivity contribution in [3.8, 4) is 0 Å². The molecule has 0 aromatic heterocycles. The molecule has 1 unspecified atom stereocenters. The number of carbonyl (C=O) groups is 1. The summed E-state index contributed by atoms with van der Waals surface area (Å²) >= 11 is 0. The standard InChI is InChI=1S/C11H22N2O/c1-9(2)11(12)4-3-6-13-7-5-10(14)8-13/h9,11H,3-8,12H2,1-2H3. The molecule has 1 atom stereocenters. The summed E-state index contributed by atoms with van der Waals surface area (Å²) in [6.45, 7) is 6.97. The minimum Gasteiger partial charge on any atom is -0.327 e. The Labute approximate surface area is 86.6 Å². The molecule has 1 fully saturated rings. The molecule has 0 aromatic rings. The Morgan fingerprint density at radius 2 is 2.21 bits per heavy atom. The number of Topliss-reactive ketones (excluding diaryl/α,β-unsaturated/α-hetero) is 1. The van der Waals surface area contributed by atoms with Crippen molar-refractivity contribution >= 4 is 5.78 Å². The van der Waals surface area contributed by atoms with Gasteiger partial charge < -0.3 is 5.73 Å². The summed E-state index contributed by atoms with van der Waals surface area (Å²) in [6.07, 6.45) is 2.94. The molecule has 1 aliphatic heterocycles. The van der Waals surface area contributed by atoms with Crippen molar-refractivity contribution < 1.29 is 4.79 Å². The van der Waals surface area contributed by atoms with Crippen molar-refractivity contribution in [3.63, 3.8) is 0 Å². The first kappa shape index (κ1) is 11.7. The van der Waals surface area contributed by atoms with Crippen LogP contribution < -0.4 is 5.73 Å². The molecule has 0 aromatic carbocycles. The zero-order valence-corrected chi connectivity index (χ0v) is 9.33. The van der Waals surface area contributed by atoms with Crippen LogP contribution in [0.5, 0.6) is 0 Å². The first-order valence-electron chi connectivity index (χ1n) is 5.59. The van der Waals surface area contributed by atoms with Gasteiger partial charge in [-0.1, -0.05) is 13.8 Å². The summed E-state index contributed by atoms with van der Waals surface area (Å²) in [5.74, 6) is 0.952. The third-order valence-corrected chi connectivity index (χ3v) is 2.97. The van der Waals surface area contributed by atoms with E-state index < -0.39 is 0 Å². The van der Waals surface area contributed by atoms with Gasteiger partial charge >= 0.3 is 0 Å². The van der Waals surface area contributed by atoms with Gasteiger partial charge in [-0.3, -0.25) is 9.69 Å². The number of rotatable bonds is 5. The van der Waals surface area contributed by atoms with Gasteiger partial charge in [0, 0.05) is 19.0 Å². The molecule has 3 nitrogen and oxygen atoms in total. The van der Waals surface area contributed by atoms with Gasteiger partial charge in [0.05, 0.1) is 6.54 Å². The Morgan fingerprint density at radius 3 is 2.71 bits per heavy atom. The van der Waals surface area contributed by atoms with E-state index in [1.54, 1.807) is 0 Å². The van der Waals surface area contributed by atoms with Crippen molar-refractivity contribution in [2.24, 2.45) is 11.7 Å². The Morgan fingerprint density at radius 1 is 1.50 bits per heavy atom. The fraction of sp³-hybridized carbons (Fsp3) is 0.909. The highest BCUT2D eigenvalue weighted by atomic mass is 16.1. The van der Waals surface area contributed by atoms with Crippen LogP contribution in [0.1, 0.15) is 33.1 Å². The zero-order valence-electron chi connectivity index (χ0n) is 9.33. The minimum atomic E-state index is 0.313. The Kier molecular flexibility index (Phi) is 4.55. The number of hydrogen-bond donors (Lipinski definition) is 1. The average Bonchev–Trinajstić information content (AvgIpc) is 2.51. The molecule has 0 amide bonds. The molecule has 82 valence electrons. The zero-order chi connectivity index (χ0) is 10.6. The van der Waals surface area contributed by atoms with Crippen molar-refractivity contribution in [3.05, 3.63) is 0 Å². The number of ketones is 1. The van der Waals surface area contributed by atoms with E-state index in [4.69, 9.17) is 5.73 Å².